The molecule has 1 aromatic rings. The number of aryl methyl sites for hydroxylation is 1. The summed E-state index contributed by atoms with van der Waals surface area (Å²) in [5.74, 6) is 0.120. The van der Waals surface area contributed by atoms with Crippen LogP contribution in [0, 0.1) is 12.3 Å². The van der Waals surface area contributed by atoms with Crippen molar-refractivity contribution in [2.45, 2.75) is 47.0 Å². The maximum Gasteiger partial charge on any atom is 0.228 e. The molecule has 1 saturated heterocycles. The van der Waals surface area contributed by atoms with E-state index in [2.05, 4.69) is 0 Å². The predicted molar refractivity (Wildman–Crippen MR) is 102 cm³/mol. The molecule has 1 aliphatic heterocycles. The van der Waals surface area contributed by atoms with Gasteiger partial charge in [0.05, 0.1) is 0 Å². The fourth-order valence-corrected chi connectivity index (χ4v) is 3.11. The molecule has 5 nitrogen and oxygen atoms in total. The first-order valence-electron chi connectivity index (χ1n) is 9.35. The molecule has 1 aromatic carbocycles. The van der Waals surface area contributed by atoms with Crippen molar-refractivity contribution in [2.24, 2.45) is 5.41 Å². The molecule has 0 aliphatic carbocycles. The number of hydrogen-bond acceptors (Lipinski definition) is 3. The highest BCUT2D eigenvalue weighted by atomic mass is 16.2. The number of carbonyl (C=O) groups is 3. The molecule has 0 spiro atoms. The lowest BCUT2D eigenvalue weighted by Gasteiger charge is -2.28. The summed E-state index contributed by atoms with van der Waals surface area (Å²) < 4.78 is 0. The van der Waals surface area contributed by atoms with Gasteiger partial charge in [-0.2, -0.15) is 0 Å². The molecule has 1 heterocycles. The van der Waals surface area contributed by atoms with Gasteiger partial charge in [0.2, 0.25) is 11.8 Å². The predicted octanol–water partition coefficient (Wildman–Crippen LogP) is 3.06. The third-order valence-corrected chi connectivity index (χ3v) is 4.72. The Morgan fingerprint density at radius 2 is 1.46 bits per heavy atom. The Balaban J connectivity index is 1.85. The number of amides is 2. The largest absolute Gasteiger partial charge is 0.341 e. The van der Waals surface area contributed by atoms with Crippen LogP contribution < -0.4 is 0 Å². The van der Waals surface area contributed by atoms with Gasteiger partial charge in [0.15, 0.2) is 5.78 Å². The molecule has 0 aromatic heterocycles. The first kappa shape index (κ1) is 20.1. The Bertz CT molecular complexity index is 659. The maximum atomic E-state index is 12.5. The van der Waals surface area contributed by atoms with Crippen LogP contribution >= 0.6 is 0 Å². The lowest BCUT2D eigenvalue weighted by Crippen LogP contribution is -2.42. The van der Waals surface area contributed by atoms with E-state index in [1.165, 1.54) is 0 Å². The van der Waals surface area contributed by atoms with Crippen LogP contribution in [0.15, 0.2) is 24.3 Å². The Labute approximate surface area is 156 Å². The Kier molecular flexibility index (Phi) is 6.57. The molecule has 0 radical (unpaired) electrons. The van der Waals surface area contributed by atoms with Crippen LogP contribution in [0.3, 0.4) is 0 Å². The molecule has 0 unspecified atom stereocenters. The van der Waals surface area contributed by atoms with Crippen LogP contribution in [0.5, 0.6) is 0 Å². The van der Waals surface area contributed by atoms with Crippen LogP contribution in [-0.4, -0.2) is 53.6 Å². The number of carbonyl (C=O) groups excluding carboxylic acids is 3. The molecule has 26 heavy (non-hydrogen) atoms. The van der Waals surface area contributed by atoms with E-state index < -0.39 is 5.41 Å². The minimum absolute atomic E-state index is 0.00212. The highest BCUT2D eigenvalue weighted by Crippen LogP contribution is 2.19. The molecule has 1 fully saturated rings. The first-order valence-corrected chi connectivity index (χ1v) is 9.35. The molecule has 0 saturated carbocycles. The summed E-state index contributed by atoms with van der Waals surface area (Å²) >= 11 is 0. The van der Waals surface area contributed by atoms with Crippen LogP contribution in [0.4, 0.5) is 0 Å². The minimum atomic E-state index is -0.403. The van der Waals surface area contributed by atoms with Crippen LogP contribution in [0.25, 0.3) is 0 Å². The van der Waals surface area contributed by atoms with E-state index in [4.69, 9.17) is 0 Å². The second kappa shape index (κ2) is 8.47. The number of rotatable bonds is 4. The Hall–Kier alpha value is -2.17. The van der Waals surface area contributed by atoms with E-state index in [9.17, 15) is 14.4 Å². The average Bonchev–Trinajstić information content (AvgIpc) is 2.84. The van der Waals surface area contributed by atoms with Gasteiger partial charge in [-0.1, -0.05) is 50.6 Å². The lowest BCUT2D eigenvalue weighted by molar-refractivity contribution is -0.139. The fraction of sp³-hybridized carbons (Fsp3) is 0.571. The zero-order valence-corrected chi connectivity index (χ0v) is 16.4. The monoisotopic (exact) mass is 358 g/mol. The first-order chi connectivity index (χ1) is 12.2. The molecule has 0 atom stereocenters. The van der Waals surface area contributed by atoms with Crippen molar-refractivity contribution in [3.8, 4) is 0 Å². The smallest absolute Gasteiger partial charge is 0.228 e. The average molecular weight is 358 g/mol. The van der Waals surface area contributed by atoms with Crippen molar-refractivity contribution in [1.82, 2.24) is 9.80 Å². The number of nitrogens with zero attached hydrogens (tertiary/aromatic N) is 2. The number of hydrogen-bond donors (Lipinski definition) is 0. The minimum Gasteiger partial charge on any atom is -0.341 e. The number of Topliss-reactive ketones (excluding diaryl/α,β-unsaturated/α-hetero) is 1. The van der Waals surface area contributed by atoms with E-state index in [0.717, 1.165) is 12.0 Å². The standard InChI is InChI=1S/C21H30N2O3/c1-16-6-8-17(9-7-16)18(24)10-11-19(25)22-12-5-13-23(15-14-22)20(26)21(2,3)4/h6-9H,5,10-15H2,1-4H3. The van der Waals surface area contributed by atoms with Crippen molar-refractivity contribution in [3.05, 3.63) is 35.4 Å². The van der Waals surface area contributed by atoms with Gasteiger partial charge in [0.1, 0.15) is 0 Å². The Morgan fingerprint density at radius 3 is 2.08 bits per heavy atom. The summed E-state index contributed by atoms with van der Waals surface area (Å²) in [7, 11) is 0. The second-order valence-electron chi connectivity index (χ2n) is 8.07. The van der Waals surface area contributed by atoms with Crippen molar-refractivity contribution in [1.29, 1.82) is 0 Å². The molecule has 2 amide bonds. The molecule has 2 rings (SSSR count). The molecule has 142 valence electrons. The zero-order chi connectivity index (χ0) is 19.3. The van der Waals surface area contributed by atoms with Crippen LogP contribution in [-0.2, 0) is 9.59 Å². The van der Waals surface area contributed by atoms with Gasteiger partial charge >= 0.3 is 0 Å². The van der Waals surface area contributed by atoms with Gasteiger partial charge in [-0.05, 0) is 13.3 Å². The quantitative estimate of drug-likeness (QED) is 0.777. The second-order valence-corrected chi connectivity index (χ2v) is 8.07. The lowest BCUT2D eigenvalue weighted by atomic mass is 9.94. The van der Waals surface area contributed by atoms with Crippen LogP contribution in [0.2, 0.25) is 0 Å². The van der Waals surface area contributed by atoms with Crippen molar-refractivity contribution < 1.29 is 14.4 Å². The van der Waals surface area contributed by atoms with Gasteiger partial charge in [0, 0.05) is 50.0 Å². The summed E-state index contributed by atoms with van der Waals surface area (Å²) in [5.41, 5.74) is 1.36. The van der Waals surface area contributed by atoms with E-state index >= 15 is 0 Å². The van der Waals surface area contributed by atoms with E-state index in [-0.39, 0.29) is 30.4 Å². The summed E-state index contributed by atoms with van der Waals surface area (Å²) in [6, 6.07) is 7.43. The highest BCUT2D eigenvalue weighted by molar-refractivity contribution is 5.98. The fourth-order valence-electron chi connectivity index (χ4n) is 3.11. The van der Waals surface area contributed by atoms with Gasteiger partial charge in [-0.25, -0.2) is 0 Å². The number of ketones is 1. The molecule has 5 heteroatoms. The van der Waals surface area contributed by atoms with E-state index in [1.807, 2.05) is 56.9 Å². The molecular formula is C21H30N2O3. The molecule has 1 aliphatic rings. The third-order valence-electron chi connectivity index (χ3n) is 4.72. The number of benzene rings is 1. The van der Waals surface area contributed by atoms with E-state index in [1.54, 1.807) is 4.90 Å². The highest BCUT2D eigenvalue weighted by Gasteiger charge is 2.29. The Morgan fingerprint density at radius 1 is 0.885 bits per heavy atom. The van der Waals surface area contributed by atoms with Gasteiger partial charge < -0.3 is 9.80 Å². The van der Waals surface area contributed by atoms with Crippen molar-refractivity contribution in [2.75, 3.05) is 26.2 Å². The molecular weight excluding hydrogens is 328 g/mol. The van der Waals surface area contributed by atoms with Crippen molar-refractivity contribution in [3.63, 3.8) is 0 Å². The molecule has 0 N–H and O–H groups in total. The van der Waals surface area contributed by atoms with Gasteiger partial charge in [-0.3, -0.25) is 14.4 Å². The van der Waals surface area contributed by atoms with Crippen molar-refractivity contribution >= 4 is 17.6 Å². The third kappa shape index (κ3) is 5.41. The van der Waals surface area contributed by atoms with Crippen LogP contribution in [0.1, 0.15) is 56.0 Å². The summed E-state index contributed by atoms with van der Waals surface area (Å²) in [6.45, 7) is 10.2. The molecule has 0 bridgehead atoms. The summed E-state index contributed by atoms with van der Waals surface area (Å²) in [4.78, 5) is 40.8. The van der Waals surface area contributed by atoms with Gasteiger partial charge in [-0.15, -0.1) is 0 Å². The van der Waals surface area contributed by atoms with Gasteiger partial charge in [0.25, 0.3) is 0 Å². The zero-order valence-electron chi connectivity index (χ0n) is 16.4. The summed E-state index contributed by atoms with van der Waals surface area (Å²) in [5, 5.41) is 0. The maximum absolute atomic E-state index is 12.5. The van der Waals surface area contributed by atoms with E-state index in [0.29, 0.717) is 31.7 Å². The SMILES string of the molecule is Cc1ccc(C(=O)CCC(=O)N2CCCN(C(=O)C(C)(C)C)CC2)cc1. The normalized spacial score (nSPS) is 15.5. The summed E-state index contributed by atoms with van der Waals surface area (Å²) in [6.07, 6.45) is 1.22. The topological polar surface area (TPSA) is 57.7 Å².